The third-order valence-electron chi connectivity index (χ3n) is 6.73. The molecule has 0 heterocycles. The Hall–Kier alpha value is -3.88. The van der Waals surface area contributed by atoms with E-state index in [0.717, 1.165) is 19.3 Å². The summed E-state index contributed by atoms with van der Waals surface area (Å²) >= 11 is 0. The first-order valence-electron chi connectivity index (χ1n) is 15.8. The van der Waals surface area contributed by atoms with Crippen LogP contribution in [0.5, 0.6) is 17.2 Å². The van der Waals surface area contributed by atoms with Crippen LogP contribution in [0.25, 0.3) is 0 Å². The lowest BCUT2D eigenvalue weighted by atomic mass is 10.1. The summed E-state index contributed by atoms with van der Waals surface area (Å²) in [4.78, 5) is 36.8. The van der Waals surface area contributed by atoms with Crippen LogP contribution in [0.1, 0.15) is 114 Å². The van der Waals surface area contributed by atoms with E-state index in [0.29, 0.717) is 42.3 Å². The van der Waals surface area contributed by atoms with Gasteiger partial charge in [-0.3, -0.25) is 9.59 Å². The molecule has 9 heteroatoms. The number of benzene rings is 2. The summed E-state index contributed by atoms with van der Waals surface area (Å²) in [5.41, 5.74) is 3.42. The van der Waals surface area contributed by atoms with Crippen molar-refractivity contribution < 1.29 is 28.6 Å². The number of rotatable bonds is 22. The lowest BCUT2D eigenvalue weighted by molar-refractivity contribution is -0.126. The van der Waals surface area contributed by atoms with Gasteiger partial charge in [0.25, 0.3) is 5.91 Å². The minimum absolute atomic E-state index is 0.133. The van der Waals surface area contributed by atoms with Crippen molar-refractivity contribution in [1.29, 1.82) is 0 Å². The second kappa shape index (κ2) is 21.8. The normalized spacial score (nSPS) is 10.9. The summed E-state index contributed by atoms with van der Waals surface area (Å²) in [6, 6.07) is 11.7. The minimum atomic E-state index is -0.525. The average Bonchev–Trinajstić information content (AvgIpc) is 3.00. The van der Waals surface area contributed by atoms with Crippen molar-refractivity contribution in [1.82, 2.24) is 10.7 Å². The Morgan fingerprint density at radius 3 is 1.98 bits per heavy atom. The molecule has 0 spiro atoms. The fourth-order valence-corrected chi connectivity index (χ4v) is 4.41. The van der Waals surface area contributed by atoms with Gasteiger partial charge in [-0.15, -0.1) is 0 Å². The SMILES string of the molecule is CCCCCCCCCCCCCC(=O)NCC(=O)N/N=C\c1ccc(OC(=O)c2ccc(OCC)cc2)c(OCC)c1. The van der Waals surface area contributed by atoms with Gasteiger partial charge in [0.15, 0.2) is 11.5 Å². The molecular weight excluding hydrogens is 546 g/mol. The first-order valence-corrected chi connectivity index (χ1v) is 15.8. The van der Waals surface area contributed by atoms with Gasteiger partial charge in [0.05, 0.1) is 31.5 Å². The monoisotopic (exact) mass is 595 g/mol. The number of esters is 1. The lowest BCUT2D eigenvalue weighted by Crippen LogP contribution is -2.34. The van der Waals surface area contributed by atoms with E-state index < -0.39 is 11.9 Å². The standard InChI is InChI=1S/C34H49N3O6/c1-4-7-8-9-10-11-12-13-14-15-16-17-32(38)35-26-33(39)37-36-25-27-18-23-30(31(24-27)42-6-3)43-34(40)28-19-21-29(22-20-28)41-5-2/h18-25H,4-17,26H2,1-3H3,(H,35,38)(H,37,39)/b36-25-. The Bertz CT molecular complexity index is 1130. The van der Waals surface area contributed by atoms with Crippen LogP contribution in [0.2, 0.25) is 0 Å². The topological polar surface area (TPSA) is 115 Å². The van der Waals surface area contributed by atoms with Gasteiger partial charge >= 0.3 is 5.97 Å². The summed E-state index contributed by atoms with van der Waals surface area (Å²) in [5.74, 6) is 0.227. The van der Waals surface area contributed by atoms with E-state index >= 15 is 0 Å². The van der Waals surface area contributed by atoms with Crippen molar-refractivity contribution in [2.75, 3.05) is 19.8 Å². The molecule has 0 unspecified atom stereocenters. The molecule has 2 N–H and O–H groups in total. The van der Waals surface area contributed by atoms with Gasteiger partial charge in [-0.1, -0.05) is 71.1 Å². The van der Waals surface area contributed by atoms with Crippen LogP contribution >= 0.6 is 0 Å². The highest BCUT2D eigenvalue weighted by atomic mass is 16.6. The van der Waals surface area contributed by atoms with Gasteiger partial charge < -0.3 is 19.5 Å². The molecule has 0 aromatic heterocycles. The molecule has 0 bridgehead atoms. The highest BCUT2D eigenvalue weighted by Gasteiger charge is 2.14. The second-order valence-corrected chi connectivity index (χ2v) is 10.3. The van der Waals surface area contributed by atoms with Crippen LogP contribution in [0.4, 0.5) is 0 Å². The molecule has 0 aliphatic rings. The molecule has 0 saturated carbocycles. The average molecular weight is 596 g/mol. The number of hydrazone groups is 1. The summed E-state index contributed by atoms with van der Waals surface area (Å²) in [6.45, 7) is 6.71. The Kier molecular flexibility index (Phi) is 17.9. The lowest BCUT2D eigenvalue weighted by Gasteiger charge is -2.11. The number of nitrogens with zero attached hydrogens (tertiary/aromatic N) is 1. The molecule has 2 aromatic rings. The molecule has 0 atom stereocenters. The highest BCUT2D eigenvalue weighted by molar-refractivity contribution is 5.92. The van der Waals surface area contributed by atoms with Crippen molar-refractivity contribution in [3.8, 4) is 17.2 Å². The fourth-order valence-electron chi connectivity index (χ4n) is 4.41. The van der Waals surface area contributed by atoms with Crippen LogP contribution in [-0.4, -0.2) is 43.8 Å². The van der Waals surface area contributed by atoms with E-state index in [2.05, 4.69) is 22.8 Å². The Morgan fingerprint density at radius 2 is 1.35 bits per heavy atom. The molecule has 0 radical (unpaired) electrons. The highest BCUT2D eigenvalue weighted by Crippen LogP contribution is 2.29. The van der Waals surface area contributed by atoms with Gasteiger partial charge in [-0.2, -0.15) is 5.10 Å². The Balaban J connectivity index is 1.68. The number of hydrogen-bond donors (Lipinski definition) is 2. The predicted molar refractivity (Wildman–Crippen MR) is 170 cm³/mol. The first kappa shape index (κ1) is 35.3. The zero-order chi connectivity index (χ0) is 31.1. The summed E-state index contributed by atoms with van der Waals surface area (Å²) in [6.07, 6.45) is 15.3. The van der Waals surface area contributed by atoms with Crippen molar-refractivity contribution >= 4 is 24.0 Å². The van der Waals surface area contributed by atoms with E-state index in [1.165, 1.54) is 57.6 Å². The Labute approximate surface area is 256 Å². The van der Waals surface area contributed by atoms with Crippen LogP contribution in [0.15, 0.2) is 47.6 Å². The van der Waals surface area contributed by atoms with Crippen molar-refractivity contribution in [3.05, 3.63) is 53.6 Å². The molecule has 0 saturated heterocycles. The maximum atomic E-state index is 12.6. The number of unbranched alkanes of at least 4 members (excludes halogenated alkanes) is 10. The molecule has 9 nitrogen and oxygen atoms in total. The number of carbonyl (C=O) groups excluding carboxylic acids is 3. The molecule has 0 aliphatic carbocycles. The van der Waals surface area contributed by atoms with Crippen molar-refractivity contribution in [3.63, 3.8) is 0 Å². The van der Waals surface area contributed by atoms with Crippen LogP contribution < -0.4 is 25.0 Å². The number of nitrogens with one attached hydrogen (secondary N) is 2. The molecule has 0 fully saturated rings. The first-order chi connectivity index (χ1) is 21.0. The smallest absolute Gasteiger partial charge is 0.343 e. The molecule has 0 aliphatic heterocycles. The van der Waals surface area contributed by atoms with Gasteiger partial charge in [0, 0.05) is 6.42 Å². The maximum Gasteiger partial charge on any atom is 0.343 e. The molecule has 236 valence electrons. The number of amides is 2. The Morgan fingerprint density at radius 1 is 0.721 bits per heavy atom. The predicted octanol–water partition coefficient (Wildman–Crippen LogP) is 6.97. The largest absolute Gasteiger partial charge is 0.494 e. The fraction of sp³-hybridized carbons (Fsp3) is 0.529. The third-order valence-corrected chi connectivity index (χ3v) is 6.73. The van der Waals surface area contributed by atoms with E-state index in [4.69, 9.17) is 14.2 Å². The van der Waals surface area contributed by atoms with Crippen molar-refractivity contribution in [2.24, 2.45) is 5.10 Å². The molecule has 2 amide bonds. The van der Waals surface area contributed by atoms with Gasteiger partial charge in [-0.25, -0.2) is 10.2 Å². The quantitative estimate of drug-likeness (QED) is 0.0499. The number of ether oxygens (including phenoxy) is 3. The van der Waals surface area contributed by atoms with E-state index in [-0.39, 0.29) is 18.2 Å². The van der Waals surface area contributed by atoms with Gasteiger partial charge in [0.1, 0.15) is 5.75 Å². The molecular formula is C34H49N3O6. The van der Waals surface area contributed by atoms with Crippen LogP contribution in [0.3, 0.4) is 0 Å². The second-order valence-electron chi connectivity index (χ2n) is 10.3. The third kappa shape index (κ3) is 15.2. The van der Waals surface area contributed by atoms with E-state index in [1.54, 1.807) is 42.5 Å². The zero-order valence-electron chi connectivity index (χ0n) is 26.1. The number of hydrogen-bond acceptors (Lipinski definition) is 7. The van der Waals surface area contributed by atoms with E-state index in [9.17, 15) is 14.4 Å². The van der Waals surface area contributed by atoms with Gasteiger partial charge in [0.2, 0.25) is 5.91 Å². The van der Waals surface area contributed by atoms with E-state index in [1.807, 2.05) is 13.8 Å². The van der Waals surface area contributed by atoms with Crippen LogP contribution in [0, 0.1) is 0 Å². The maximum absolute atomic E-state index is 12.6. The molecule has 2 rings (SSSR count). The number of carbonyl (C=O) groups is 3. The summed E-state index contributed by atoms with van der Waals surface area (Å²) in [5, 5.41) is 6.60. The van der Waals surface area contributed by atoms with Crippen molar-refractivity contribution in [2.45, 2.75) is 97.8 Å². The van der Waals surface area contributed by atoms with Crippen LogP contribution in [-0.2, 0) is 9.59 Å². The molecule has 43 heavy (non-hydrogen) atoms. The zero-order valence-corrected chi connectivity index (χ0v) is 26.1. The summed E-state index contributed by atoms with van der Waals surface area (Å²) < 4.78 is 16.6. The minimum Gasteiger partial charge on any atom is -0.494 e. The van der Waals surface area contributed by atoms with Gasteiger partial charge in [-0.05, 0) is 68.3 Å². The molecule has 2 aromatic carbocycles. The summed E-state index contributed by atoms with van der Waals surface area (Å²) in [7, 11) is 0.